The van der Waals surface area contributed by atoms with Gasteiger partial charge in [-0.15, -0.1) is 24.0 Å². The molecule has 2 aliphatic rings. The zero-order valence-electron chi connectivity index (χ0n) is 18.2. The fourth-order valence-electron chi connectivity index (χ4n) is 3.96. The normalized spacial score (nSPS) is 20.5. The number of carbonyl (C=O) groups is 1. The molecule has 0 aromatic heterocycles. The lowest BCUT2D eigenvalue weighted by atomic mass is 10.1. The summed E-state index contributed by atoms with van der Waals surface area (Å²) in [5.41, 5.74) is 1.90. The molecule has 2 heterocycles. The van der Waals surface area contributed by atoms with Gasteiger partial charge in [-0.05, 0) is 56.3 Å². The number of guanidine groups is 1. The number of ether oxygens (including phenoxy) is 1. The van der Waals surface area contributed by atoms with Crippen molar-refractivity contribution in [3.63, 3.8) is 0 Å². The highest BCUT2D eigenvalue weighted by Crippen LogP contribution is 2.16. The van der Waals surface area contributed by atoms with Gasteiger partial charge in [0.1, 0.15) is 6.10 Å². The molecule has 0 bridgehead atoms. The Morgan fingerprint density at radius 1 is 1.27 bits per heavy atom. The summed E-state index contributed by atoms with van der Waals surface area (Å²) < 4.78 is 5.45. The van der Waals surface area contributed by atoms with Crippen molar-refractivity contribution in [3.8, 4) is 0 Å². The molecule has 1 aromatic rings. The molecule has 30 heavy (non-hydrogen) atoms. The van der Waals surface area contributed by atoms with Crippen molar-refractivity contribution in [3.05, 3.63) is 29.8 Å². The van der Waals surface area contributed by atoms with Crippen molar-refractivity contribution >= 4 is 41.5 Å². The van der Waals surface area contributed by atoms with E-state index < -0.39 is 0 Å². The maximum absolute atomic E-state index is 12.2. The zero-order chi connectivity index (χ0) is 20.5. The molecular weight excluding hydrogens is 493 g/mol. The number of nitrogens with zero attached hydrogens (tertiary/aromatic N) is 2. The van der Waals surface area contributed by atoms with E-state index in [0.717, 1.165) is 56.0 Å². The lowest BCUT2D eigenvalue weighted by Crippen LogP contribution is -2.48. The Hall–Kier alpha value is -1.39. The molecule has 1 atom stereocenters. The molecule has 3 N–H and O–H groups in total. The Bertz CT molecular complexity index is 686. The van der Waals surface area contributed by atoms with Gasteiger partial charge in [-0.2, -0.15) is 0 Å². The van der Waals surface area contributed by atoms with E-state index in [2.05, 4.69) is 32.8 Å². The third-order valence-electron chi connectivity index (χ3n) is 5.57. The highest BCUT2D eigenvalue weighted by molar-refractivity contribution is 14.0. The molecule has 3 rings (SSSR count). The van der Waals surface area contributed by atoms with Gasteiger partial charge >= 0.3 is 0 Å². The molecular formula is C22H36IN5O2. The number of benzene rings is 1. The van der Waals surface area contributed by atoms with Gasteiger partial charge in [-0.1, -0.05) is 19.1 Å². The summed E-state index contributed by atoms with van der Waals surface area (Å²) >= 11 is 0. The fourth-order valence-corrected chi connectivity index (χ4v) is 3.96. The van der Waals surface area contributed by atoms with Gasteiger partial charge in [0.15, 0.2) is 5.96 Å². The molecule has 7 nitrogen and oxygen atoms in total. The Balaban J connectivity index is 0.00000320. The van der Waals surface area contributed by atoms with Crippen molar-refractivity contribution < 1.29 is 9.53 Å². The van der Waals surface area contributed by atoms with Crippen molar-refractivity contribution in [2.75, 3.05) is 38.6 Å². The smallest absolute Gasteiger partial charge is 0.253 e. The van der Waals surface area contributed by atoms with Crippen molar-refractivity contribution in [1.29, 1.82) is 0 Å². The van der Waals surface area contributed by atoms with Crippen LogP contribution in [-0.2, 0) is 16.1 Å². The topological polar surface area (TPSA) is 78.0 Å². The van der Waals surface area contributed by atoms with Gasteiger partial charge in [0.25, 0.3) is 5.91 Å². The highest BCUT2D eigenvalue weighted by Gasteiger charge is 2.23. The fraction of sp³-hybridized carbons (Fsp3) is 0.636. The second-order valence-corrected chi connectivity index (χ2v) is 7.88. The molecule has 1 amide bonds. The molecule has 1 aromatic carbocycles. The molecule has 0 spiro atoms. The molecule has 2 aliphatic heterocycles. The van der Waals surface area contributed by atoms with E-state index in [0.29, 0.717) is 19.2 Å². The Kier molecular flexibility index (Phi) is 10.9. The van der Waals surface area contributed by atoms with Gasteiger partial charge in [0.2, 0.25) is 0 Å². The van der Waals surface area contributed by atoms with Crippen LogP contribution in [0.25, 0.3) is 0 Å². The molecule has 2 saturated heterocycles. The third kappa shape index (κ3) is 7.70. The number of aliphatic imine (C=N–C) groups is 1. The van der Waals surface area contributed by atoms with Crippen LogP contribution in [0.5, 0.6) is 0 Å². The maximum atomic E-state index is 12.2. The minimum absolute atomic E-state index is 0. The second kappa shape index (κ2) is 13.1. The minimum atomic E-state index is -0.316. The van der Waals surface area contributed by atoms with E-state index in [1.54, 1.807) is 7.05 Å². The standard InChI is InChI=1S/C22H35N5O2.HI/c1-3-11-27-12-9-18(10-13-27)26-22(23-2)24-16-17-6-4-7-19(15-17)25-21(28)20-8-5-14-29-20;/h4,6-7,15,18,20H,3,5,8-14,16H2,1-2H3,(H,25,28)(H2,23,24,26);1H. The zero-order valence-corrected chi connectivity index (χ0v) is 20.5. The Morgan fingerprint density at radius 3 is 2.73 bits per heavy atom. The molecule has 0 saturated carbocycles. The number of hydrogen-bond acceptors (Lipinski definition) is 4. The first-order valence-electron chi connectivity index (χ1n) is 10.9. The lowest BCUT2D eigenvalue weighted by molar-refractivity contribution is -0.124. The maximum Gasteiger partial charge on any atom is 0.253 e. The number of amides is 1. The van der Waals surface area contributed by atoms with Crippen molar-refractivity contribution in [2.45, 2.75) is 57.7 Å². The third-order valence-corrected chi connectivity index (χ3v) is 5.57. The van der Waals surface area contributed by atoms with E-state index in [9.17, 15) is 4.79 Å². The van der Waals surface area contributed by atoms with Crippen LogP contribution in [0.4, 0.5) is 5.69 Å². The number of piperidine rings is 1. The quantitative estimate of drug-likeness (QED) is 0.288. The first-order valence-corrected chi connectivity index (χ1v) is 10.9. The van der Waals surface area contributed by atoms with Gasteiger partial charge < -0.3 is 25.6 Å². The van der Waals surface area contributed by atoms with Crippen LogP contribution in [0.15, 0.2) is 29.3 Å². The molecule has 0 aliphatic carbocycles. The molecule has 168 valence electrons. The van der Waals surface area contributed by atoms with E-state index in [1.165, 1.54) is 13.0 Å². The summed E-state index contributed by atoms with van der Waals surface area (Å²) in [6.45, 7) is 7.05. The predicted octanol–water partition coefficient (Wildman–Crippen LogP) is 2.96. The first kappa shape index (κ1) is 24.9. The van der Waals surface area contributed by atoms with Crippen molar-refractivity contribution in [2.24, 2.45) is 4.99 Å². The van der Waals surface area contributed by atoms with Crippen LogP contribution in [-0.4, -0.2) is 62.2 Å². The Labute approximate surface area is 197 Å². The van der Waals surface area contributed by atoms with Gasteiger partial charge in [-0.3, -0.25) is 9.79 Å². The summed E-state index contributed by atoms with van der Waals surface area (Å²) in [6, 6.07) is 8.38. The monoisotopic (exact) mass is 529 g/mol. The van der Waals surface area contributed by atoms with Crippen molar-refractivity contribution in [1.82, 2.24) is 15.5 Å². The lowest BCUT2D eigenvalue weighted by Gasteiger charge is -2.32. The average molecular weight is 529 g/mol. The summed E-state index contributed by atoms with van der Waals surface area (Å²) in [5.74, 6) is 0.771. The van der Waals surface area contributed by atoms with Crippen LogP contribution < -0.4 is 16.0 Å². The first-order chi connectivity index (χ1) is 14.2. The van der Waals surface area contributed by atoms with Gasteiger partial charge in [-0.25, -0.2) is 0 Å². The van der Waals surface area contributed by atoms with E-state index in [4.69, 9.17) is 4.74 Å². The molecule has 0 radical (unpaired) electrons. The highest BCUT2D eigenvalue weighted by atomic mass is 127. The number of anilines is 1. The number of rotatable bonds is 7. The van der Waals surface area contributed by atoms with Gasteiger partial charge in [0, 0.05) is 45.0 Å². The van der Waals surface area contributed by atoms with Crippen LogP contribution in [0.2, 0.25) is 0 Å². The second-order valence-electron chi connectivity index (χ2n) is 7.88. The van der Waals surface area contributed by atoms with E-state index in [1.807, 2.05) is 24.3 Å². The van der Waals surface area contributed by atoms with Gasteiger partial charge in [0.05, 0.1) is 0 Å². The SMILES string of the molecule is CCCN1CCC(NC(=NC)NCc2cccc(NC(=O)C3CCCO3)c2)CC1.I. The number of halogens is 1. The predicted molar refractivity (Wildman–Crippen MR) is 133 cm³/mol. The van der Waals surface area contributed by atoms with E-state index >= 15 is 0 Å². The average Bonchev–Trinajstić information content (AvgIpc) is 3.28. The van der Waals surface area contributed by atoms with E-state index in [-0.39, 0.29) is 36.0 Å². The minimum Gasteiger partial charge on any atom is -0.368 e. The van der Waals surface area contributed by atoms with Crippen LogP contribution in [0.1, 0.15) is 44.6 Å². The number of likely N-dealkylation sites (tertiary alicyclic amines) is 1. The Morgan fingerprint density at radius 2 is 2.07 bits per heavy atom. The molecule has 2 fully saturated rings. The summed E-state index contributed by atoms with van der Waals surface area (Å²) in [4.78, 5) is 19.1. The van der Waals surface area contributed by atoms with Crippen LogP contribution in [0.3, 0.4) is 0 Å². The number of carbonyl (C=O) groups excluding carboxylic acids is 1. The van der Waals surface area contributed by atoms with Crippen LogP contribution in [0, 0.1) is 0 Å². The number of hydrogen-bond donors (Lipinski definition) is 3. The van der Waals surface area contributed by atoms with Crippen LogP contribution >= 0.6 is 24.0 Å². The largest absolute Gasteiger partial charge is 0.368 e. The number of nitrogens with one attached hydrogen (secondary N) is 3. The summed E-state index contributed by atoms with van der Waals surface area (Å²) in [5, 5.41) is 9.91. The molecule has 8 heteroatoms. The summed E-state index contributed by atoms with van der Waals surface area (Å²) in [6.07, 6.45) is 4.94. The summed E-state index contributed by atoms with van der Waals surface area (Å²) in [7, 11) is 1.81. The molecule has 1 unspecified atom stereocenters.